The van der Waals surface area contributed by atoms with Gasteiger partial charge in [-0.2, -0.15) is 4.72 Å². The molecule has 2 N–H and O–H groups in total. The summed E-state index contributed by atoms with van der Waals surface area (Å²) >= 11 is 0. The van der Waals surface area contributed by atoms with Gasteiger partial charge in [0.15, 0.2) is 6.61 Å². The molecule has 0 aliphatic carbocycles. The molecule has 0 atom stereocenters. The zero-order valence-electron chi connectivity index (χ0n) is 16.3. The van der Waals surface area contributed by atoms with Crippen LogP contribution < -0.4 is 10.0 Å². The number of amides is 1. The molecule has 0 heterocycles. The highest BCUT2D eigenvalue weighted by Crippen LogP contribution is 2.21. The molecule has 0 spiro atoms. The van der Waals surface area contributed by atoms with Crippen molar-refractivity contribution in [1.29, 1.82) is 0 Å². The Hall–Kier alpha value is -3.90. The maximum absolute atomic E-state index is 13.7. The minimum atomic E-state index is -4.02. The van der Waals surface area contributed by atoms with E-state index in [1.54, 1.807) is 18.2 Å². The summed E-state index contributed by atoms with van der Waals surface area (Å²) in [5.74, 6) is -2.93. The van der Waals surface area contributed by atoms with Crippen molar-refractivity contribution in [2.75, 3.05) is 18.5 Å². The van der Waals surface area contributed by atoms with E-state index < -0.39 is 57.2 Å². The van der Waals surface area contributed by atoms with Crippen LogP contribution in [0, 0.1) is 15.9 Å². The second-order valence-electron chi connectivity index (χ2n) is 6.46. The van der Waals surface area contributed by atoms with Gasteiger partial charge in [0.05, 0.1) is 15.5 Å². The number of fused-ring (bicyclic) bond motifs is 1. The fraction of sp³-hybridized carbons (Fsp3) is 0.100. The molecule has 0 unspecified atom stereocenters. The number of ether oxygens (including phenoxy) is 1. The molecule has 0 saturated carbocycles. The highest BCUT2D eigenvalue weighted by Gasteiger charge is 2.18. The lowest BCUT2D eigenvalue weighted by molar-refractivity contribution is -0.384. The molecule has 0 saturated heterocycles. The fourth-order valence-electron chi connectivity index (χ4n) is 2.68. The molecule has 0 bridgehead atoms. The van der Waals surface area contributed by atoms with Crippen molar-refractivity contribution in [2.24, 2.45) is 0 Å². The number of anilines is 1. The molecule has 3 aromatic rings. The average Bonchev–Trinajstić information content (AvgIpc) is 2.77. The predicted octanol–water partition coefficient (Wildman–Crippen LogP) is 2.35. The van der Waals surface area contributed by atoms with Gasteiger partial charge in [0.2, 0.25) is 10.0 Å². The number of nitrogens with one attached hydrogen (secondary N) is 2. The minimum absolute atomic E-state index is 0.0529. The minimum Gasteiger partial charge on any atom is -0.455 e. The smallest absolute Gasteiger partial charge is 0.321 e. The first-order valence-corrected chi connectivity index (χ1v) is 10.5. The molecule has 10 nitrogen and oxygen atoms in total. The van der Waals surface area contributed by atoms with Gasteiger partial charge in [0.25, 0.3) is 11.6 Å². The average molecular weight is 461 g/mol. The number of benzene rings is 3. The number of sulfonamides is 1. The molecular formula is C20H16FN3O7S. The Balaban J connectivity index is 1.53. The zero-order valence-corrected chi connectivity index (χ0v) is 17.1. The highest BCUT2D eigenvalue weighted by molar-refractivity contribution is 7.89. The Kier molecular flexibility index (Phi) is 6.76. The van der Waals surface area contributed by atoms with E-state index in [0.29, 0.717) is 5.39 Å². The molecule has 3 rings (SSSR count). The number of carbonyl (C=O) groups excluding carboxylic acids is 2. The van der Waals surface area contributed by atoms with Crippen LogP contribution in [0.1, 0.15) is 0 Å². The lowest BCUT2D eigenvalue weighted by atomic mass is 10.1. The van der Waals surface area contributed by atoms with Crippen LogP contribution >= 0.6 is 0 Å². The molecule has 0 aliphatic rings. The van der Waals surface area contributed by atoms with Crippen LogP contribution in [0.15, 0.2) is 65.6 Å². The van der Waals surface area contributed by atoms with Crippen molar-refractivity contribution in [2.45, 2.75) is 4.90 Å². The lowest BCUT2D eigenvalue weighted by Gasteiger charge is -2.09. The molecule has 1 amide bonds. The number of carbonyl (C=O) groups is 2. The third-order valence-electron chi connectivity index (χ3n) is 4.24. The first kappa shape index (κ1) is 22.8. The molecule has 0 aliphatic heterocycles. The van der Waals surface area contributed by atoms with Gasteiger partial charge >= 0.3 is 5.97 Å². The van der Waals surface area contributed by atoms with Crippen molar-refractivity contribution in [1.82, 2.24) is 4.72 Å². The molecule has 0 aromatic heterocycles. The van der Waals surface area contributed by atoms with Crippen LogP contribution in [0.3, 0.4) is 0 Å². The Labute approximate surface area is 181 Å². The molecule has 32 heavy (non-hydrogen) atoms. The Morgan fingerprint density at radius 1 is 1.03 bits per heavy atom. The van der Waals surface area contributed by atoms with Gasteiger partial charge in [-0.3, -0.25) is 19.7 Å². The summed E-state index contributed by atoms with van der Waals surface area (Å²) in [6.45, 7) is -1.59. The van der Waals surface area contributed by atoms with Gasteiger partial charge in [-0.25, -0.2) is 12.8 Å². The second-order valence-corrected chi connectivity index (χ2v) is 8.23. The number of nitro benzene ring substituents is 1. The summed E-state index contributed by atoms with van der Waals surface area (Å²) in [6.07, 6.45) is 0. The number of nitro groups is 1. The number of halogens is 1. The molecule has 3 aromatic carbocycles. The van der Waals surface area contributed by atoms with Crippen LogP contribution in [-0.4, -0.2) is 38.4 Å². The number of non-ortho nitro benzene ring substituents is 1. The maximum atomic E-state index is 13.7. The van der Waals surface area contributed by atoms with Gasteiger partial charge < -0.3 is 10.1 Å². The van der Waals surface area contributed by atoms with Crippen molar-refractivity contribution in [3.05, 3.63) is 76.6 Å². The molecule has 0 fully saturated rings. The zero-order chi connectivity index (χ0) is 23.3. The number of rotatable bonds is 8. The van der Waals surface area contributed by atoms with Gasteiger partial charge in [0.1, 0.15) is 12.4 Å². The Bertz CT molecular complexity index is 1310. The van der Waals surface area contributed by atoms with Gasteiger partial charge in [-0.15, -0.1) is 0 Å². The van der Waals surface area contributed by atoms with Crippen molar-refractivity contribution >= 4 is 44.0 Å². The number of esters is 1. The summed E-state index contributed by atoms with van der Waals surface area (Å²) in [5, 5.41) is 14.3. The van der Waals surface area contributed by atoms with E-state index in [2.05, 4.69) is 9.46 Å². The monoisotopic (exact) mass is 461 g/mol. The van der Waals surface area contributed by atoms with E-state index in [1.165, 1.54) is 12.1 Å². The standard InChI is InChI=1S/C20H16FN3O7S/c21-17-8-6-15(24(27)28)10-18(17)23-19(25)12-31-20(26)11-22-32(29,30)16-7-5-13-3-1-2-4-14(13)9-16/h1-10,22H,11-12H2,(H,23,25). The predicted molar refractivity (Wildman–Crippen MR) is 112 cm³/mol. The SMILES string of the molecule is O=C(COC(=O)CNS(=O)(=O)c1ccc2ccccc2c1)Nc1cc([N+](=O)[O-])ccc1F. The second kappa shape index (κ2) is 9.49. The van der Waals surface area contributed by atoms with E-state index in [4.69, 9.17) is 0 Å². The third kappa shape index (κ3) is 5.62. The number of hydrogen-bond acceptors (Lipinski definition) is 7. The molecule has 0 radical (unpaired) electrons. The van der Waals surface area contributed by atoms with Crippen LogP contribution in [0.4, 0.5) is 15.8 Å². The fourth-order valence-corrected chi connectivity index (χ4v) is 3.68. The maximum Gasteiger partial charge on any atom is 0.321 e. The third-order valence-corrected chi connectivity index (χ3v) is 5.64. The van der Waals surface area contributed by atoms with Crippen LogP contribution in [0.25, 0.3) is 10.8 Å². The van der Waals surface area contributed by atoms with E-state index in [9.17, 15) is 32.5 Å². The highest BCUT2D eigenvalue weighted by atomic mass is 32.2. The largest absolute Gasteiger partial charge is 0.455 e. The quantitative estimate of drug-likeness (QED) is 0.298. The van der Waals surface area contributed by atoms with E-state index in [0.717, 1.165) is 23.6 Å². The Morgan fingerprint density at radius 2 is 1.75 bits per heavy atom. The topological polar surface area (TPSA) is 145 Å². The first-order valence-electron chi connectivity index (χ1n) is 9.03. The van der Waals surface area contributed by atoms with E-state index in [-0.39, 0.29) is 4.90 Å². The molecule has 12 heteroatoms. The van der Waals surface area contributed by atoms with Crippen molar-refractivity contribution in [3.63, 3.8) is 0 Å². The summed E-state index contributed by atoms with van der Waals surface area (Å²) in [4.78, 5) is 33.6. The lowest BCUT2D eigenvalue weighted by Crippen LogP contribution is -2.32. The van der Waals surface area contributed by atoms with Crippen LogP contribution in [0.5, 0.6) is 0 Å². The van der Waals surface area contributed by atoms with Crippen LogP contribution in [-0.2, 0) is 24.3 Å². The van der Waals surface area contributed by atoms with Gasteiger partial charge in [0, 0.05) is 12.1 Å². The van der Waals surface area contributed by atoms with Crippen molar-refractivity contribution < 1.29 is 32.1 Å². The van der Waals surface area contributed by atoms with E-state index in [1.807, 2.05) is 17.4 Å². The van der Waals surface area contributed by atoms with E-state index >= 15 is 0 Å². The summed E-state index contributed by atoms with van der Waals surface area (Å²) in [5.41, 5.74) is -0.904. The number of hydrogen-bond donors (Lipinski definition) is 2. The summed E-state index contributed by atoms with van der Waals surface area (Å²) in [6, 6.07) is 14.1. The number of nitrogens with zero attached hydrogens (tertiary/aromatic N) is 1. The van der Waals surface area contributed by atoms with Crippen molar-refractivity contribution in [3.8, 4) is 0 Å². The van der Waals surface area contributed by atoms with Gasteiger partial charge in [-0.1, -0.05) is 30.3 Å². The first-order chi connectivity index (χ1) is 15.2. The normalized spacial score (nSPS) is 11.2. The summed E-state index contributed by atoms with van der Waals surface area (Å²) in [7, 11) is -4.02. The van der Waals surface area contributed by atoms with Gasteiger partial charge in [-0.05, 0) is 29.0 Å². The molecule has 166 valence electrons. The summed E-state index contributed by atoms with van der Waals surface area (Å²) < 4.78 is 45.2. The molecular weight excluding hydrogens is 445 g/mol. The Morgan fingerprint density at radius 3 is 2.47 bits per heavy atom. The van der Waals surface area contributed by atoms with Crippen LogP contribution in [0.2, 0.25) is 0 Å².